The molecular weight excluding hydrogens is 328 g/mol. The smallest absolute Gasteiger partial charge is 0.291 e. The molecule has 1 aliphatic carbocycles. The van der Waals surface area contributed by atoms with Gasteiger partial charge in [0.05, 0.1) is 5.69 Å². The number of amides is 2. The molecule has 132 valence electrons. The van der Waals surface area contributed by atoms with Crippen LogP contribution in [0, 0.1) is 0 Å². The second-order valence-electron chi connectivity index (χ2n) is 6.64. The summed E-state index contributed by atoms with van der Waals surface area (Å²) in [6.07, 6.45) is 6.16. The van der Waals surface area contributed by atoms with Gasteiger partial charge in [0, 0.05) is 11.6 Å². The minimum Gasteiger partial charge on any atom is -0.449 e. The monoisotopic (exact) mass is 348 g/mol. The normalized spacial score (nSPS) is 18.2. The summed E-state index contributed by atoms with van der Waals surface area (Å²) < 4.78 is 5.68. The first-order chi connectivity index (χ1) is 12.7. The van der Waals surface area contributed by atoms with Crippen molar-refractivity contribution in [1.82, 2.24) is 5.32 Å². The van der Waals surface area contributed by atoms with Crippen molar-refractivity contribution in [3.05, 3.63) is 65.4 Å². The van der Waals surface area contributed by atoms with Gasteiger partial charge in [-0.2, -0.15) is 0 Å². The average molecular weight is 348 g/mol. The second kappa shape index (κ2) is 7.04. The molecular formula is C21H20N2O3. The molecule has 2 aromatic rings. The van der Waals surface area contributed by atoms with E-state index >= 15 is 0 Å². The van der Waals surface area contributed by atoms with E-state index in [-0.39, 0.29) is 17.6 Å². The largest absolute Gasteiger partial charge is 0.449 e. The van der Waals surface area contributed by atoms with Crippen molar-refractivity contribution >= 4 is 23.6 Å². The molecule has 0 bridgehead atoms. The number of fused-ring (bicyclic) bond motifs is 1. The molecule has 2 aromatic carbocycles. The fourth-order valence-electron chi connectivity index (χ4n) is 3.32. The van der Waals surface area contributed by atoms with E-state index in [4.69, 9.17) is 4.74 Å². The molecule has 0 saturated heterocycles. The summed E-state index contributed by atoms with van der Waals surface area (Å²) in [6.45, 7) is 0. The summed E-state index contributed by atoms with van der Waals surface area (Å²) in [7, 11) is 0. The molecule has 5 nitrogen and oxygen atoms in total. The highest BCUT2D eigenvalue weighted by atomic mass is 16.5. The van der Waals surface area contributed by atoms with E-state index in [1.54, 1.807) is 30.3 Å². The van der Waals surface area contributed by atoms with Crippen molar-refractivity contribution in [1.29, 1.82) is 0 Å². The van der Waals surface area contributed by atoms with Gasteiger partial charge in [-0.1, -0.05) is 37.1 Å². The highest BCUT2D eigenvalue weighted by Crippen LogP contribution is 2.30. The first kappa shape index (κ1) is 16.4. The van der Waals surface area contributed by atoms with Crippen LogP contribution in [0.25, 0.3) is 6.08 Å². The topological polar surface area (TPSA) is 67.4 Å². The summed E-state index contributed by atoms with van der Waals surface area (Å²) in [6, 6.07) is 14.8. The van der Waals surface area contributed by atoms with Crippen LogP contribution in [-0.4, -0.2) is 17.9 Å². The van der Waals surface area contributed by atoms with E-state index < -0.39 is 0 Å². The van der Waals surface area contributed by atoms with Gasteiger partial charge in [0.1, 0.15) is 0 Å². The first-order valence-corrected chi connectivity index (χ1v) is 8.90. The lowest BCUT2D eigenvalue weighted by Crippen LogP contribution is -2.32. The van der Waals surface area contributed by atoms with Gasteiger partial charge in [-0.15, -0.1) is 0 Å². The Morgan fingerprint density at radius 2 is 1.81 bits per heavy atom. The van der Waals surface area contributed by atoms with E-state index in [9.17, 15) is 9.59 Å². The number of rotatable bonds is 3. The molecule has 4 rings (SSSR count). The van der Waals surface area contributed by atoms with Gasteiger partial charge < -0.3 is 15.4 Å². The Kier molecular flexibility index (Phi) is 4.44. The number of anilines is 1. The summed E-state index contributed by atoms with van der Waals surface area (Å²) in [4.78, 5) is 24.4. The van der Waals surface area contributed by atoms with Crippen LogP contribution < -0.4 is 15.4 Å². The van der Waals surface area contributed by atoms with Crippen LogP contribution in [0.2, 0.25) is 0 Å². The van der Waals surface area contributed by atoms with Crippen molar-refractivity contribution in [3.63, 3.8) is 0 Å². The minimum atomic E-state index is -0.285. The van der Waals surface area contributed by atoms with E-state index in [1.165, 1.54) is 12.8 Å². The molecule has 5 heteroatoms. The Bertz CT molecular complexity index is 865. The number of para-hydroxylation sites is 2. The van der Waals surface area contributed by atoms with Crippen LogP contribution in [0.1, 0.15) is 41.6 Å². The third-order valence-corrected chi connectivity index (χ3v) is 4.74. The van der Waals surface area contributed by atoms with Crippen molar-refractivity contribution in [3.8, 4) is 5.75 Å². The lowest BCUT2D eigenvalue weighted by Gasteiger charge is -2.19. The maximum Gasteiger partial charge on any atom is 0.291 e. The summed E-state index contributed by atoms with van der Waals surface area (Å²) >= 11 is 0. The Morgan fingerprint density at radius 1 is 1.08 bits per heavy atom. The molecule has 0 atom stereocenters. The quantitative estimate of drug-likeness (QED) is 0.831. The number of hydrogen-bond donors (Lipinski definition) is 2. The van der Waals surface area contributed by atoms with Gasteiger partial charge in [-0.05, 0) is 48.7 Å². The van der Waals surface area contributed by atoms with Gasteiger partial charge in [0.2, 0.25) is 0 Å². The number of carbonyl (C=O) groups is 2. The highest BCUT2D eigenvalue weighted by Gasteiger charge is 2.21. The number of benzene rings is 2. The van der Waals surface area contributed by atoms with Crippen molar-refractivity contribution in [2.75, 3.05) is 5.32 Å². The second-order valence-corrected chi connectivity index (χ2v) is 6.64. The van der Waals surface area contributed by atoms with Gasteiger partial charge in [-0.3, -0.25) is 9.59 Å². The molecule has 0 aromatic heterocycles. The van der Waals surface area contributed by atoms with E-state index in [0.29, 0.717) is 23.0 Å². The maximum absolute atomic E-state index is 12.3. The van der Waals surface area contributed by atoms with Gasteiger partial charge in [0.15, 0.2) is 11.5 Å². The van der Waals surface area contributed by atoms with Crippen LogP contribution in [0.4, 0.5) is 5.69 Å². The molecule has 2 aliphatic rings. The predicted octanol–water partition coefficient (Wildman–Crippen LogP) is 3.73. The van der Waals surface area contributed by atoms with Crippen molar-refractivity contribution < 1.29 is 14.3 Å². The Labute approximate surface area is 152 Å². The molecule has 2 amide bonds. The number of nitrogens with one attached hydrogen (secondary N) is 2. The maximum atomic E-state index is 12.3. The standard InChI is InChI=1S/C21H20N2O3/c24-20(22-16-5-1-2-6-16)15-11-9-14(10-12-15)13-19-21(25)23-17-7-3-4-8-18(17)26-19/h3-4,7-13,16H,1-2,5-6H2,(H,22,24)(H,23,25)/b19-13-. The van der Waals surface area contributed by atoms with Gasteiger partial charge >= 0.3 is 0 Å². The lowest BCUT2D eigenvalue weighted by molar-refractivity contribution is -0.115. The Balaban J connectivity index is 1.47. The molecule has 26 heavy (non-hydrogen) atoms. The third-order valence-electron chi connectivity index (χ3n) is 4.74. The van der Waals surface area contributed by atoms with Gasteiger partial charge in [-0.25, -0.2) is 0 Å². The fourth-order valence-corrected chi connectivity index (χ4v) is 3.32. The van der Waals surface area contributed by atoms with Crippen LogP contribution in [0.15, 0.2) is 54.3 Å². The summed E-state index contributed by atoms with van der Waals surface area (Å²) in [5.41, 5.74) is 2.08. The predicted molar refractivity (Wildman–Crippen MR) is 99.8 cm³/mol. The van der Waals surface area contributed by atoms with E-state index in [0.717, 1.165) is 18.4 Å². The van der Waals surface area contributed by atoms with Crippen molar-refractivity contribution in [2.24, 2.45) is 0 Å². The third kappa shape index (κ3) is 3.47. The van der Waals surface area contributed by atoms with Crippen LogP contribution in [0.5, 0.6) is 5.75 Å². The molecule has 0 unspecified atom stereocenters. The molecule has 1 heterocycles. The fraction of sp³-hybridized carbons (Fsp3) is 0.238. The molecule has 2 N–H and O–H groups in total. The average Bonchev–Trinajstić information content (AvgIpc) is 3.16. The summed E-state index contributed by atoms with van der Waals surface area (Å²) in [5, 5.41) is 5.87. The van der Waals surface area contributed by atoms with E-state index in [2.05, 4.69) is 10.6 Å². The lowest BCUT2D eigenvalue weighted by atomic mass is 10.1. The van der Waals surface area contributed by atoms with E-state index in [1.807, 2.05) is 24.3 Å². The van der Waals surface area contributed by atoms with Crippen LogP contribution >= 0.6 is 0 Å². The number of ether oxygens (including phenoxy) is 1. The zero-order chi connectivity index (χ0) is 17.9. The zero-order valence-corrected chi connectivity index (χ0v) is 14.3. The Hall–Kier alpha value is -3.08. The molecule has 1 aliphatic heterocycles. The number of hydrogen-bond acceptors (Lipinski definition) is 3. The molecule has 0 spiro atoms. The molecule has 1 saturated carbocycles. The summed E-state index contributed by atoms with van der Waals surface area (Å²) in [5.74, 6) is 0.515. The number of carbonyl (C=O) groups excluding carboxylic acids is 2. The van der Waals surface area contributed by atoms with Gasteiger partial charge in [0.25, 0.3) is 11.8 Å². The molecule has 0 radical (unpaired) electrons. The van der Waals surface area contributed by atoms with Crippen molar-refractivity contribution in [2.45, 2.75) is 31.7 Å². The van der Waals surface area contributed by atoms with Crippen LogP contribution in [-0.2, 0) is 4.79 Å². The minimum absolute atomic E-state index is 0.0447. The van der Waals surface area contributed by atoms with Crippen LogP contribution in [0.3, 0.4) is 0 Å². The molecule has 1 fully saturated rings. The SMILES string of the molecule is O=C1Nc2ccccc2O/C1=C\c1ccc(C(=O)NC2CCCC2)cc1. The zero-order valence-electron chi connectivity index (χ0n) is 14.3. The highest BCUT2D eigenvalue weighted by molar-refractivity contribution is 6.08. The Morgan fingerprint density at radius 3 is 2.58 bits per heavy atom. The first-order valence-electron chi connectivity index (χ1n) is 8.90.